The first-order valence-corrected chi connectivity index (χ1v) is 6.54. The first-order valence-electron chi connectivity index (χ1n) is 5.72. The molecule has 0 amide bonds. The van der Waals surface area contributed by atoms with Crippen LogP contribution in [0.5, 0.6) is 0 Å². The standard InChI is InChI=1S/C11H16N2O3S/c1-2-9-12-10(11(14)15)8(17-9)7-13-3-5-16-6-4-13/h2-7H2,1H3,(H,14,15). The van der Waals surface area contributed by atoms with Crippen molar-refractivity contribution in [2.45, 2.75) is 19.9 Å². The number of hydrogen-bond acceptors (Lipinski definition) is 5. The largest absolute Gasteiger partial charge is 0.476 e. The van der Waals surface area contributed by atoms with Crippen molar-refractivity contribution in [2.24, 2.45) is 0 Å². The van der Waals surface area contributed by atoms with Gasteiger partial charge >= 0.3 is 5.97 Å². The van der Waals surface area contributed by atoms with Gasteiger partial charge in [0, 0.05) is 19.6 Å². The van der Waals surface area contributed by atoms with E-state index in [-0.39, 0.29) is 5.69 Å². The molecular weight excluding hydrogens is 240 g/mol. The van der Waals surface area contributed by atoms with E-state index in [0.717, 1.165) is 42.6 Å². The predicted octanol–water partition coefficient (Wildman–Crippen LogP) is 1.24. The van der Waals surface area contributed by atoms with Crippen LogP contribution < -0.4 is 0 Å². The number of aromatic nitrogens is 1. The summed E-state index contributed by atoms with van der Waals surface area (Å²) in [6.07, 6.45) is 0.786. The SMILES string of the molecule is CCc1nc(C(=O)O)c(CN2CCOCC2)s1. The second-order valence-electron chi connectivity index (χ2n) is 3.93. The highest BCUT2D eigenvalue weighted by Crippen LogP contribution is 2.21. The molecule has 1 aliphatic rings. The van der Waals surface area contributed by atoms with Crippen molar-refractivity contribution < 1.29 is 14.6 Å². The first-order chi connectivity index (χ1) is 8.20. The first kappa shape index (κ1) is 12.5. The van der Waals surface area contributed by atoms with E-state index >= 15 is 0 Å². The van der Waals surface area contributed by atoms with Gasteiger partial charge in [-0.2, -0.15) is 0 Å². The number of morpholine rings is 1. The van der Waals surface area contributed by atoms with Gasteiger partial charge in [0.15, 0.2) is 5.69 Å². The van der Waals surface area contributed by atoms with E-state index in [9.17, 15) is 4.79 Å². The molecule has 0 spiro atoms. The minimum absolute atomic E-state index is 0.221. The van der Waals surface area contributed by atoms with Crippen molar-refractivity contribution in [2.75, 3.05) is 26.3 Å². The van der Waals surface area contributed by atoms with Crippen LogP contribution in [0.2, 0.25) is 0 Å². The number of carboxylic acids is 1. The smallest absolute Gasteiger partial charge is 0.355 e. The predicted molar refractivity (Wildman–Crippen MR) is 64.5 cm³/mol. The zero-order valence-corrected chi connectivity index (χ0v) is 10.6. The summed E-state index contributed by atoms with van der Waals surface area (Å²) in [5.41, 5.74) is 0.221. The summed E-state index contributed by atoms with van der Waals surface area (Å²) in [6, 6.07) is 0. The lowest BCUT2D eigenvalue weighted by atomic mass is 10.3. The van der Waals surface area contributed by atoms with Crippen molar-refractivity contribution in [1.82, 2.24) is 9.88 Å². The Labute approximate surface area is 104 Å². The molecule has 1 fully saturated rings. The molecular formula is C11H16N2O3S. The minimum Gasteiger partial charge on any atom is -0.476 e. The van der Waals surface area contributed by atoms with Crippen molar-refractivity contribution >= 4 is 17.3 Å². The number of aromatic carboxylic acids is 1. The zero-order chi connectivity index (χ0) is 12.3. The summed E-state index contributed by atoms with van der Waals surface area (Å²) in [6.45, 7) is 5.83. The molecule has 0 atom stereocenters. The normalized spacial score (nSPS) is 17.2. The highest BCUT2D eigenvalue weighted by Gasteiger charge is 2.20. The molecule has 2 rings (SSSR count). The number of hydrogen-bond donors (Lipinski definition) is 1. The molecule has 1 saturated heterocycles. The second-order valence-corrected chi connectivity index (χ2v) is 5.09. The Morgan fingerprint density at radius 1 is 1.53 bits per heavy atom. The topological polar surface area (TPSA) is 62.7 Å². The Morgan fingerprint density at radius 2 is 2.24 bits per heavy atom. The van der Waals surface area contributed by atoms with Crippen LogP contribution in [0.1, 0.15) is 27.3 Å². The van der Waals surface area contributed by atoms with Crippen molar-refractivity contribution in [3.8, 4) is 0 Å². The van der Waals surface area contributed by atoms with Gasteiger partial charge in [-0.05, 0) is 6.42 Å². The van der Waals surface area contributed by atoms with E-state index in [1.54, 1.807) is 0 Å². The van der Waals surface area contributed by atoms with E-state index in [1.807, 2.05) is 6.92 Å². The van der Waals surface area contributed by atoms with Crippen LogP contribution in [0.4, 0.5) is 0 Å². The van der Waals surface area contributed by atoms with Gasteiger partial charge in [0.2, 0.25) is 0 Å². The van der Waals surface area contributed by atoms with Gasteiger partial charge in [-0.1, -0.05) is 6.92 Å². The number of carbonyl (C=O) groups is 1. The summed E-state index contributed by atoms with van der Waals surface area (Å²) in [4.78, 5) is 18.3. The van der Waals surface area contributed by atoms with Crippen LogP contribution in [-0.4, -0.2) is 47.3 Å². The molecule has 0 bridgehead atoms. The monoisotopic (exact) mass is 256 g/mol. The van der Waals surface area contributed by atoms with Gasteiger partial charge < -0.3 is 9.84 Å². The Bertz CT molecular complexity index is 399. The Morgan fingerprint density at radius 3 is 2.82 bits per heavy atom. The summed E-state index contributed by atoms with van der Waals surface area (Å²) >= 11 is 1.51. The molecule has 2 heterocycles. The average molecular weight is 256 g/mol. The van der Waals surface area contributed by atoms with E-state index in [0.29, 0.717) is 6.54 Å². The summed E-state index contributed by atoms with van der Waals surface area (Å²) < 4.78 is 5.27. The van der Waals surface area contributed by atoms with E-state index < -0.39 is 5.97 Å². The summed E-state index contributed by atoms with van der Waals surface area (Å²) in [5, 5.41) is 10.00. The molecule has 1 N–H and O–H groups in total. The Hall–Kier alpha value is -0.980. The van der Waals surface area contributed by atoms with Gasteiger partial charge in [0.1, 0.15) is 0 Å². The maximum Gasteiger partial charge on any atom is 0.355 e. The molecule has 1 aromatic heterocycles. The molecule has 1 aliphatic heterocycles. The lowest BCUT2D eigenvalue weighted by molar-refractivity contribution is 0.0343. The molecule has 1 aromatic rings. The number of aryl methyl sites for hydroxylation is 1. The van der Waals surface area contributed by atoms with Crippen LogP contribution >= 0.6 is 11.3 Å². The summed E-state index contributed by atoms with van der Waals surface area (Å²) in [7, 11) is 0. The lowest BCUT2D eigenvalue weighted by Crippen LogP contribution is -2.35. The highest BCUT2D eigenvalue weighted by atomic mass is 32.1. The third kappa shape index (κ3) is 3.02. The van der Waals surface area contributed by atoms with Crippen molar-refractivity contribution in [1.29, 1.82) is 0 Å². The number of carboxylic acid groups (broad SMARTS) is 1. The van der Waals surface area contributed by atoms with Gasteiger partial charge in [0.25, 0.3) is 0 Å². The molecule has 0 radical (unpaired) electrons. The van der Waals surface area contributed by atoms with Gasteiger partial charge in [-0.15, -0.1) is 11.3 Å². The second kappa shape index (κ2) is 5.57. The molecule has 94 valence electrons. The molecule has 0 unspecified atom stereocenters. The highest BCUT2D eigenvalue weighted by molar-refractivity contribution is 7.11. The third-order valence-electron chi connectivity index (χ3n) is 2.72. The van der Waals surface area contributed by atoms with Crippen LogP contribution in [0.3, 0.4) is 0 Å². The third-order valence-corrected chi connectivity index (χ3v) is 3.90. The number of ether oxygens (including phenoxy) is 1. The molecule has 5 nitrogen and oxygen atoms in total. The Balaban J connectivity index is 2.12. The average Bonchev–Trinajstić information content (AvgIpc) is 2.74. The Kier molecular flexibility index (Phi) is 4.09. The fourth-order valence-corrected chi connectivity index (χ4v) is 2.83. The van der Waals surface area contributed by atoms with Crippen LogP contribution in [0, 0.1) is 0 Å². The number of nitrogens with zero attached hydrogens (tertiary/aromatic N) is 2. The molecule has 0 aliphatic carbocycles. The lowest BCUT2D eigenvalue weighted by Gasteiger charge is -2.25. The van der Waals surface area contributed by atoms with Gasteiger partial charge in [0.05, 0.1) is 23.1 Å². The molecule has 6 heteroatoms. The van der Waals surface area contributed by atoms with E-state index in [2.05, 4.69) is 9.88 Å². The summed E-state index contributed by atoms with van der Waals surface area (Å²) in [5.74, 6) is -0.927. The van der Waals surface area contributed by atoms with E-state index in [4.69, 9.17) is 9.84 Å². The maximum absolute atomic E-state index is 11.1. The quantitative estimate of drug-likeness (QED) is 0.878. The number of rotatable bonds is 4. The van der Waals surface area contributed by atoms with Crippen molar-refractivity contribution in [3.05, 3.63) is 15.6 Å². The van der Waals surface area contributed by atoms with Crippen molar-refractivity contribution in [3.63, 3.8) is 0 Å². The van der Waals surface area contributed by atoms with Crippen LogP contribution in [0.15, 0.2) is 0 Å². The molecule has 0 saturated carbocycles. The number of thiazole rings is 1. The van der Waals surface area contributed by atoms with Gasteiger partial charge in [-0.25, -0.2) is 9.78 Å². The van der Waals surface area contributed by atoms with Crippen LogP contribution in [0.25, 0.3) is 0 Å². The maximum atomic E-state index is 11.1. The fourth-order valence-electron chi connectivity index (χ4n) is 1.79. The molecule has 17 heavy (non-hydrogen) atoms. The van der Waals surface area contributed by atoms with Gasteiger partial charge in [-0.3, -0.25) is 4.90 Å². The fraction of sp³-hybridized carbons (Fsp3) is 0.636. The molecule has 0 aromatic carbocycles. The van der Waals surface area contributed by atoms with E-state index in [1.165, 1.54) is 11.3 Å². The zero-order valence-electron chi connectivity index (χ0n) is 9.81. The van der Waals surface area contributed by atoms with Crippen LogP contribution in [-0.2, 0) is 17.7 Å². The minimum atomic E-state index is -0.927.